The van der Waals surface area contributed by atoms with Crippen molar-refractivity contribution in [2.24, 2.45) is 5.10 Å². The summed E-state index contributed by atoms with van der Waals surface area (Å²) in [6, 6.07) is 14.1. The normalized spacial score (nSPS) is 14.1. The molecule has 1 aliphatic heterocycles. The van der Waals surface area contributed by atoms with Crippen molar-refractivity contribution in [3.63, 3.8) is 0 Å². The minimum absolute atomic E-state index is 0.0994. The number of nitrogens with zero attached hydrogens (tertiary/aromatic N) is 2. The van der Waals surface area contributed by atoms with Gasteiger partial charge in [-0.1, -0.05) is 23.7 Å². The number of ether oxygens (including phenoxy) is 1. The molecule has 0 aliphatic carbocycles. The van der Waals surface area contributed by atoms with Crippen LogP contribution in [-0.2, 0) is 9.59 Å². The summed E-state index contributed by atoms with van der Waals surface area (Å²) < 4.78 is 5.70. The first-order valence-electron chi connectivity index (χ1n) is 7.71. The maximum atomic E-state index is 12.2. The molecule has 2 aromatic carbocycles. The molecule has 2 amide bonds. The number of hydrazone groups is 1. The fourth-order valence-electron chi connectivity index (χ4n) is 2.30. The van der Waals surface area contributed by atoms with Crippen LogP contribution in [0.5, 0.6) is 11.5 Å². The number of rotatable bonds is 4. The third-order valence-corrected chi connectivity index (χ3v) is 3.96. The van der Waals surface area contributed by atoms with Gasteiger partial charge in [0.2, 0.25) is 5.91 Å². The van der Waals surface area contributed by atoms with Crippen LogP contribution in [0, 0.1) is 0 Å². The Kier molecular flexibility index (Phi) is 5.00. The lowest BCUT2D eigenvalue weighted by molar-refractivity contribution is -0.130. The number of benzene rings is 2. The smallest absolute Gasteiger partial charge is 0.271 e. The highest BCUT2D eigenvalue weighted by atomic mass is 35.5. The van der Waals surface area contributed by atoms with Crippen molar-refractivity contribution in [1.82, 2.24) is 5.01 Å². The predicted octanol–water partition coefficient (Wildman–Crippen LogP) is 3.68. The Balaban J connectivity index is 1.65. The van der Waals surface area contributed by atoms with Crippen LogP contribution in [-0.4, -0.2) is 29.6 Å². The maximum Gasteiger partial charge on any atom is 0.271 e. The van der Waals surface area contributed by atoms with Crippen LogP contribution in [0.15, 0.2) is 53.6 Å². The van der Waals surface area contributed by atoms with Crippen molar-refractivity contribution in [2.45, 2.75) is 12.8 Å². The number of anilines is 1. The van der Waals surface area contributed by atoms with Gasteiger partial charge in [-0.15, -0.1) is 0 Å². The third kappa shape index (κ3) is 4.16. The van der Waals surface area contributed by atoms with Crippen molar-refractivity contribution >= 4 is 34.8 Å². The minimum atomic E-state index is -0.320. The largest absolute Gasteiger partial charge is 0.456 e. The minimum Gasteiger partial charge on any atom is -0.456 e. The van der Waals surface area contributed by atoms with Crippen molar-refractivity contribution in [1.29, 1.82) is 0 Å². The highest BCUT2D eigenvalue weighted by molar-refractivity contribution is 6.43. The molecule has 0 bridgehead atoms. The topological polar surface area (TPSA) is 71.0 Å². The van der Waals surface area contributed by atoms with Crippen LogP contribution in [0.3, 0.4) is 0 Å². The predicted molar refractivity (Wildman–Crippen MR) is 96.0 cm³/mol. The molecular formula is C18H16ClN3O3. The standard InChI is InChI=1S/C18H16ClN3O3/c1-22-17(23)11-10-15(21-22)18(24)20-12-6-8-13(9-7-12)25-16-5-3-2-4-14(16)19/h2-9H,10-11H2,1H3,(H,20,24). The fourth-order valence-corrected chi connectivity index (χ4v) is 2.47. The second-order valence-electron chi connectivity index (χ2n) is 5.48. The quantitative estimate of drug-likeness (QED) is 0.907. The highest BCUT2D eigenvalue weighted by Gasteiger charge is 2.21. The van der Waals surface area contributed by atoms with E-state index in [9.17, 15) is 9.59 Å². The van der Waals surface area contributed by atoms with Crippen molar-refractivity contribution in [3.8, 4) is 11.5 Å². The summed E-state index contributed by atoms with van der Waals surface area (Å²) in [5.41, 5.74) is 0.942. The van der Waals surface area contributed by atoms with E-state index in [0.717, 1.165) is 0 Å². The van der Waals surface area contributed by atoms with Crippen LogP contribution in [0.1, 0.15) is 12.8 Å². The van der Waals surface area contributed by atoms with Crippen LogP contribution in [0.4, 0.5) is 5.69 Å². The second-order valence-corrected chi connectivity index (χ2v) is 5.88. The molecule has 0 radical (unpaired) electrons. The average molecular weight is 358 g/mol. The van der Waals surface area contributed by atoms with Crippen LogP contribution in [0.25, 0.3) is 0 Å². The first-order chi connectivity index (χ1) is 12.0. The van der Waals surface area contributed by atoms with Gasteiger partial charge in [0.05, 0.1) is 5.02 Å². The lowest BCUT2D eigenvalue weighted by Crippen LogP contribution is -2.34. The molecule has 2 aromatic rings. The molecule has 1 N–H and O–H groups in total. The molecule has 0 atom stereocenters. The third-order valence-electron chi connectivity index (χ3n) is 3.65. The Morgan fingerprint density at radius 2 is 1.88 bits per heavy atom. The SMILES string of the molecule is CN1N=C(C(=O)Nc2ccc(Oc3ccccc3Cl)cc2)CCC1=O. The summed E-state index contributed by atoms with van der Waals surface area (Å²) in [6.45, 7) is 0. The first kappa shape index (κ1) is 17.0. The first-order valence-corrected chi connectivity index (χ1v) is 8.08. The molecule has 0 saturated carbocycles. The van der Waals surface area contributed by atoms with Crippen LogP contribution >= 0.6 is 11.6 Å². The van der Waals surface area contributed by atoms with Crippen molar-refractivity contribution in [2.75, 3.05) is 12.4 Å². The number of halogens is 1. The zero-order valence-electron chi connectivity index (χ0n) is 13.5. The molecule has 128 valence electrons. The van der Waals surface area contributed by atoms with E-state index in [1.807, 2.05) is 12.1 Å². The molecule has 25 heavy (non-hydrogen) atoms. The zero-order valence-corrected chi connectivity index (χ0v) is 14.3. The Morgan fingerprint density at radius 1 is 1.16 bits per heavy atom. The van der Waals surface area contributed by atoms with Gasteiger partial charge in [-0.2, -0.15) is 5.10 Å². The molecule has 0 spiro atoms. The highest BCUT2D eigenvalue weighted by Crippen LogP contribution is 2.29. The molecule has 6 nitrogen and oxygen atoms in total. The average Bonchev–Trinajstić information content (AvgIpc) is 2.61. The molecule has 1 aliphatic rings. The number of carbonyl (C=O) groups is 2. The van der Waals surface area contributed by atoms with Crippen molar-refractivity contribution in [3.05, 3.63) is 53.6 Å². The molecule has 0 fully saturated rings. The van der Waals surface area contributed by atoms with E-state index in [4.69, 9.17) is 16.3 Å². The van der Waals surface area contributed by atoms with E-state index in [1.54, 1.807) is 36.4 Å². The van der Waals surface area contributed by atoms with E-state index < -0.39 is 0 Å². The number of nitrogens with one attached hydrogen (secondary N) is 1. The molecule has 0 aromatic heterocycles. The summed E-state index contributed by atoms with van der Waals surface area (Å²) >= 11 is 6.06. The van der Waals surface area contributed by atoms with E-state index in [2.05, 4.69) is 10.4 Å². The number of amides is 2. The molecule has 0 saturated heterocycles. The van der Waals surface area contributed by atoms with Crippen molar-refractivity contribution < 1.29 is 14.3 Å². The molecular weight excluding hydrogens is 342 g/mol. The van der Waals surface area contributed by atoms with E-state index >= 15 is 0 Å². The lowest BCUT2D eigenvalue weighted by Gasteiger charge is -2.18. The van der Waals surface area contributed by atoms with E-state index in [0.29, 0.717) is 34.3 Å². The Morgan fingerprint density at radius 3 is 2.56 bits per heavy atom. The zero-order chi connectivity index (χ0) is 17.8. The van der Waals surface area contributed by atoms with Gasteiger partial charge < -0.3 is 10.1 Å². The fraction of sp³-hybridized carbons (Fsp3) is 0.167. The van der Waals surface area contributed by atoms with Gasteiger partial charge >= 0.3 is 0 Å². The summed E-state index contributed by atoms with van der Waals surface area (Å²) in [6.07, 6.45) is 0.621. The van der Waals surface area contributed by atoms with Gasteiger partial charge in [0.25, 0.3) is 5.91 Å². The van der Waals surface area contributed by atoms with E-state index in [1.165, 1.54) is 12.1 Å². The lowest BCUT2D eigenvalue weighted by atomic mass is 10.1. The van der Waals surface area contributed by atoms with Gasteiger partial charge in [0, 0.05) is 25.6 Å². The summed E-state index contributed by atoms with van der Waals surface area (Å²) in [5.74, 6) is 0.744. The van der Waals surface area contributed by atoms with Crippen LogP contribution < -0.4 is 10.1 Å². The Hall–Kier alpha value is -2.86. The summed E-state index contributed by atoms with van der Waals surface area (Å²) in [4.78, 5) is 23.6. The van der Waals surface area contributed by atoms with Gasteiger partial charge in [0.15, 0.2) is 0 Å². The Bertz CT molecular complexity index is 834. The number of hydrogen-bond donors (Lipinski definition) is 1. The summed E-state index contributed by atoms with van der Waals surface area (Å²) in [7, 11) is 1.54. The monoisotopic (exact) mass is 357 g/mol. The molecule has 3 rings (SSSR count). The second kappa shape index (κ2) is 7.36. The summed E-state index contributed by atoms with van der Waals surface area (Å²) in [5, 5.41) is 8.47. The van der Waals surface area contributed by atoms with Crippen LogP contribution in [0.2, 0.25) is 5.02 Å². The number of carbonyl (C=O) groups excluding carboxylic acids is 2. The van der Waals surface area contributed by atoms with Gasteiger partial charge in [-0.05, 0) is 36.4 Å². The van der Waals surface area contributed by atoms with Gasteiger partial charge in [0.1, 0.15) is 17.2 Å². The molecule has 7 heteroatoms. The maximum absolute atomic E-state index is 12.2. The van der Waals surface area contributed by atoms with Gasteiger partial charge in [-0.25, -0.2) is 5.01 Å². The van der Waals surface area contributed by atoms with E-state index in [-0.39, 0.29) is 18.2 Å². The Labute approximate surface area is 150 Å². The number of para-hydroxylation sites is 1. The molecule has 1 heterocycles. The van der Waals surface area contributed by atoms with Gasteiger partial charge in [-0.3, -0.25) is 9.59 Å². The molecule has 0 unspecified atom stereocenters. The number of hydrogen-bond acceptors (Lipinski definition) is 4.